The van der Waals surface area contributed by atoms with Crippen molar-refractivity contribution in [1.82, 2.24) is 20.2 Å². The molecule has 0 bridgehead atoms. The maximum atomic E-state index is 12.0. The number of hydrogen-bond acceptors (Lipinski definition) is 3. The molecule has 1 aromatic heterocycles. The van der Waals surface area contributed by atoms with Crippen molar-refractivity contribution in [2.24, 2.45) is 0 Å². The molecular weight excluding hydrogens is 244 g/mol. The normalized spacial score (nSPS) is 25.8. The van der Waals surface area contributed by atoms with Crippen molar-refractivity contribution in [2.75, 3.05) is 0 Å². The van der Waals surface area contributed by atoms with Crippen molar-refractivity contribution < 1.29 is 9.59 Å². The fourth-order valence-electron chi connectivity index (χ4n) is 2.82. The summed E-state index contributed by atoms with van der Waals surface area (Å²) in [5.41, 5.74) is 1.02. The maximum Gasteiger partial charge on any atom is 0.242 e. The summed E-state index contributed by atoms with van der Waals surface area (Å²) in [5.74, 6) is 1.00. The van der Waals surface area contributed by atoms with Gasteiger partial charge in [-0.05, 0) is 19.8 Å². The van der Waals surface area contributed by atoms with E-state index in [1.807, 2.05) is 13.1 Å². The smallest absolute Gasteiger partial charge is 0.242 e. The number of hydrogen-bond donors (Lipinski definition) is 2. The Morgan fingerprint density at radius 2 is 2.32 bits per heavy atom. The molecule has 2 atom stereocenters. The Morgan fingerprint density at radius 1 is 1.47 bits per heavy atom. The van der Waals surface area contributed by atoms with Crippen LogP contribution >= 0.6 is 0 Å². The molecule has 3 heterocycles. The van der Waals surface area contributed by atoms with Crippen LogP contribution in [0.25, 0.3) is 0 Å². The van der Waals surface area contributed by atoms with Gasteiger partial charge in [-0.1, -0.05) is 0 Å². The highest BCUT2D eigenvalue weighted by atomic mass is 16.2. The van der Waals surface area contributed by atoms with Gasteiger partial charge in [0.25, 0.3) is 0 Å². The Kier molecular flexibility index (Phi) is 3.00. The molecule has 2 N–H and O–H groups in total. The first-order valence-electron chi connectivity index (χ1n) is 6.74. The van der Waals surface area contributed by atoms with Gasteiger partial charge in [0.2, 0.25) is 11.8 Å². The lowest BCUT2D eigenvalue weighted by Gasteiger charge is -2.25. The first-order valence-corrected chi connectivity index (χ1v) is 6.74. The van der Waals surface area contributed by atoms with Crippen LogP contribution < -0.4 is 10.6 Å². The second-order valence-electron chi connectivity index (χ2n) is 5.35. The van der Waals surface area contributed by atoms with E-state index >= 15 is 0 Å². The molecule has 1 aromatic rings. The molecule has 0 aromatic carbocycles. The summed E-state index contributed by atoms with van der Waals surface area (Å²) in [4.78, 5) is 27.6. The zero-order valence-corrected chi connectivity index (χ0v) is 11.0. The van der Waals surface area contributed by atoms with Gasteiger partial charge in [0, 0.05) is 31.6 Å². The molecule has 0 spiro atoms. The molecule has 3 rings (SSSR count). The Labute approximate surface area is 111 Å². The van der Waals surface area contributed by atoms with Gasteiger partial charge >= 0.3 is 0 Å². The van der Waals surface area contributed by atoms with Crippen molar-refractivity contribution in [3.05, 3.63) is 17.7 Å². The van der Waals surface area contributed by atoms with Crippen LogP contribution in [0.15, 0.2) is 6.20 Å². The van der Waals surface area contributed by atoms with Gasteiger partial charge in [-0.25, -0.2) is 4.98 Å². The summed E-state index contributed by atoms with van der Waals surface area (Å²) in [6.07, 6.45) is 4.87. The molecule has 6 heteroatoms. The molecule has 2 aliphatic heterocycles. The third-order valence-electron chi connectivity index (χ3n) is 3.77. The Balaban J connectivity index is 1.59. The van der Waals surface area contributed by atoms with Crippen molar-refractivity contribution in [3.8, 4) is 0 Å². The number of nitrogens with one attached hydrogen (secondary N) is 2. The first kappa shape index (κ1) is 12.2. The molecule has 1 fully saturated rings. The minimum Gasteiger partial charge on any atom is -0.350 e. The van der Waals surface area contributed by atoms with Gasteiger partial charge < -0.3 is 15.2 Å². The lowest BCUT2D eigenvalue weighted by Crippen LogP contribution is -2.48. The molecule has 0 radical (unpaired) electrons. The summed E-state index contributed by atoms with van der Waals surface area (Å²) in [5, 5.41) is 5.73. The van der Waals surface area contributed by atoms with Crippen molar-refractivity contribution >= 4 is 11.8 Å². The fraction of sp³-hybridized carbons (Fsp3) is 0.615. The number of rotatable bonds is 2. The van der Waals surface area contributed by atoms with Crippen LogP contribution in [0.1, 0.15) is 30.8 Å². The highest BCUT2D eigenvalue weighted by Gasteiger charge is 2.29. The predicted molar refractivity (Wildman–Crippen MR) is 68.4 cm³/mol. The van der Waals surface area contributed by atoms with Crippen LogP contribution in [-0.4, -0.2) is 33.4 Å². The Hall–Kier alpha value is -1.85. The van der Waals surface area contributed by atoms with Gasteiger partial charge in [0.15, 0.2) is 0 Å². The molecule has 0 aliphatic carbocycles. The fourth-order valence-corrected chi connectivity index (χ4v) is 2.82. The van der Waals surface area contributed by atoms with Crippen molar-refractivity contribution in [3.63, 3.8) is 0 Å². The second-order valence-corrected chi connectivity index (χ2v) is 5.35. The van der Waals surface area contributed by atoms with Gasteiger partial charge in [-0.15, -0.1) is 0 Å². The zero-order valence-electron chi connectivity index (χ0n) is 11.0. The van der Waals surface area contributed by atoms with Crippen LogP contribution in [0.3, 0.4) is 0 Å². The van der Waals surface area contributed by atoms with E-state index in [1.165, 1.54) is 0 Å². The standard InChI is InChI=1S/C13H18N4O2/c1-8-6-17-7-9(2-4-11(17)14-8)15-13(19)10-3-5-12(18)16-10/h6,9-10H,2-5,7H2,1H3,(H,15,19)(H,16,18). The number of nitrogens with zero attached hydrogens (tertiary/aromatic N) is 2. The highest BCUT2D eigenvalue weighted by Crippen LogP contribution is 2.15. The zero-order chi connectivity index (χ0) is 13.4. The maximum absolute atomic E-state index is 12.0. The monoisotopic (exact) mass is 262 g/mol. The molecule has 0 saturated carbocycles. The molecule has 2 aliphatic rings. The van der Waals surface area contributed by atoms with E-state index in [9.17, 15) is 9.59 Å². The largest absolute Gasteiger partial charge is 0.350 e. The molecule has 6 nitrogen and oxygen atoms in total. The molecule has 1 saturated heterocycles. The van der Waals surface area contributed by atoms with Crippen LogP contribution in [-0.2, 0) is 22.6 Å². The average Bonchev–Trinajstić information content (AvgIpc) is 2.93. The number of aromatic nitrogens is 2. The van der Waals surface area contributed by atoms with E-state index in [-0.39, 0.29) is 23.9 Å². The molecule has 2 amide bonds. The summed E-state index contributed by atoms with van der Waals surface area (Å²) in [7, 11) is 0. The topological polar surface area (TPSA) is 76.0 Å². The summed E-state index contributed by atoms with van der Waals surface area (Å²) in [6.45, 7) is 2.75. The van der Waals surface area contributed by atoms with Gasteiger partial charge in [0.05, 0.1) is 5.69 Å². The summed E-state index contributed by atoms with van der Waals surface area (Å²) >= 11 is 0. The van der Waals surface area contributed by atoms with E-state index in [0.29, 0.717) is 12.8 Å². The van der Waals surface area contributed by atoms with Crippen LogP contribution in [0, 0.1) is 6.92 Å². The van der Waals surface area contributed by atoms with E-state index in [1.54, 1.807) is 0 Å². The number of carbonyl (C=O) groups excluding carboxylic acids is 2. The number of aryl methyl sites for hydroxylation is 2. The third-order valence-corrected chi connectivity index (χ3v) is 3.77. The Bertz CT molecular complexity index is 523. The van der Waals surface area contributed by atoms with E-state index < -0.39 is 0 Å². The molecule has 2 unspecified atom stereocenters. The third kappa shape index (κ3) is 2.47. The number of imidazole rings is 1. The quantitative estimate of drug-likeness (QED) is 0.781. The van der Waals surface area contributed by atoms with Crippen molar-refractivity contribution in [2.45, 2.75) is 51.2 Å². The summed E-state index contributed by atoms with van der Waals surface area (Å²) in [6, 6.07) is -0.218. The van der Waals surface area contributed by atoms with Gasteiger partial charge in [0.1, 0.15) is 11.9 Å². The molecule has 102 valence electrons. The lowest BCUT2D eigenvalue weighted by atomic mass is 10.1. The van der Waals surface area contributed by atoms with Crippen LogP contribution in [0.4, 0.5) is 0 Å². The number of fused-ring (bicyclic) bond motifs is 1. The summed E-state index contributed by atoms with van der Waals surface area (Å²) < 4.78 is 2.11. The van der Waals surface area contributed by atoms with Gasteiger partial charge in [-0.2, -0.15) is 0 Å². The predicted octanol–water partition coefficient (Wildman–Crippen LogP) is -0.0989. The second kappa shape index (κ2) is 4.68. The SMILES string of the molecule is Cc1cn2c(n1)CCC(NC(=O)C1CCC(=O)N1)C2. The van der Waals surface area contributed by atoms with E-state index in [4.69, 9.17) is 0 Å². The van der Waals surface area contributed by atoms with Gasteiger partial charge in [-0.3, -0.25) is 9.59 Å². The Morgan fingerprint density at radius 3 is 3.05 bits per heavy atom. The van der Waals surface area contributed by atoms with Crippen LogP contribution in [0.5, 0.6) is 0 Å². The lowest BCUT2D eigenvalue weighted by molar-refractivity contribution is -0.126. The average molecular weight is 262 g/mol. The van der Waals surface area contributed by atoms with E-state index in [2.05, 4.69) is 20.2 Å². The number of amides is 2. The van der Waals surface area contributed by atoms with E-state index in [0.717, 1.165) is 30.9 Å². The number of carbonyl (C=O) groups is 2. The first-order chi connectivity index (χ1) is 9.11. The minimum absolute atomic E-state index is 0.0312. The van der Waals surface area contributed by atoms with Crippen LogP contribution in [0.2, 0.25) is 0 Å². The van der Waals surface area contributed by atoms with Crippen molar-refractivity contribution in [1.29, 1.82) is 0 Å². The minimum atomic E-state index is -0.349. The molecular formula is C13H18N4O2. The molecule has 19 heavy (non-hydrogen) atoms. The highest BCUT2D eigenvalue weighted by molar-refractivity contribution is 5.90.